The van der Waals surface area contributed by atoms with Gasteiger partial charge < -0.3 is 15.0 Å². The van der Waals surface area contributed by atoms with E-state index in [1.54, 1.807) is 31.2 Å². The molecule has 0 heterocycles. The van der Waals surface area contributed by atoms with Crippen LogP contribution in [0, 0.1) is 0 Å². The van der Waals surface area contributed by atoms with Gasteiger partial charge in [-0.3, -0.25) is 13.9 Å². The third kappa shape index (κ3) is 8.06. The van der Waals surface area contributed by atoms with Gasteiger partial charge in [-0.15, -0.1) is 0 Å². The topological polar surface area (TPSA) is 96.0 Å². The number of unbranched alkanes of at least 4 members (excludes halogenated alkanes) is 1. The van der Waals surface area contributed by atoms with E-state index in [2.05, 4.69) is 5.32 Å². The molecule has 8 nitrogen and oxygen atoms in total. The van der Waals surface area contributed by atoms with E-state index in [9.17, 15) is 18.0 Å². The van der Waals surface area contributed by atoms with Crippen molar-refractivity contribution in [3.8, 4) is 5.75 Å². The Labute approximate surface area is 202 Å². The van der Waals surface area contributed by atoms with Crippen LogP contribution in [0.4, 0.5) is 5.69 Å². The van der Waals surface area contributed by atoms with Gasteiger partial charge >= 0.3 is 0 Å². The number of rotatable bonds is 13. The van der Waals surface area contributed by atoms with Crippen LogP contribution in [0.1, 0.15) is 32.3 Å². The highest BCUT2D eigenvalue weighted by atomic mass is 32.2. The van der Waals surface area contributed by atoms with Crippen LogP contribution in [0.3, 0.4) is 0 Å². The molecule has 0 saturated carbocycles. The summed E-state index contributed by atoms with van der Waals surface area (Å²) in [6.07, 6.45) is 3.38. The molecule has 1 unspecified atom stereocenters. The number of hydrogen-bond donors (Lipinski definition) is 1. The van der Waals surface area contributed by atoms with Crippen molar-refractivity contribution in [1.29, 1.82) is 0 Å². The van der Waals surface area contributed by atoms with Gasteiger partial charge in [-0.05, 0) is 49.6 Å². The summed E-state index contributed by atoms with van der Waals surface area (Å²) in [5, 5.41) is 2.87. The van der Waals surface area contributed by atoms with Crippen LogP contribution in [0.2, 0.25) is 0 Å². The quantitative estimate of drug-likeness (QED) is 0.437. The molecule has 1 N–H and O–H groups in total. The third-order valence-electron chi connectivity index (χ3n) is 5.52. The molecule has 0 bridgehead atoms. The standard InChI is InChI=1S/C25H35N3O5S/c1-5-6-17-26-25(30)20(2)27(18-16-21-10-8-7-9-11-21)24(29)19-28(34(4,31)32)22-12-14-23(33-3)15-13-22/h7-15,20H,5-6,16-19H2,1-4H3,(H,26,30). The highest BCUT2D eigenvalue weighted by Gasteiger charge is 2.29. The number of carbonyl (C=O) groups excluding carboxylic acids is 2. The summed E-state index contributed by atoms with van der Waals surface area (Å²) in [5.74, 6) is -0.133. The second-order valence-corrected chi connectivity index (χ2v) is 10.0. The Kier molecular flexibility index (Phi) is 10.4. The van der Waals surface area contributed by atoms with Gasteiger partial charge in [-0.25, -0.2) is 8.42 Å². The molecule has 1 atom stereocenters. The fraction of sp³-hybridized carbons (Fsp3) is 0.440. The van der Waals surface area contributed by atoms with E-state index in [0.717, 1.165) is 29.0 Å². The predicted molar refractivity (Wildman–Crippen MR) is 134 cm³/mol. The summed E-state index contributed by atoms with van der Waals surface area (Å²) in [5.41, 5.74) is 1.37. The van der Waals surface area contributed by atoms with Crippen molar-refractivity contribution in [1.82, 2.24) is 10.2 Å². The Bertz CT molecular complexity index is 1030. The molecule has 0 spiro atoms. The molecule has 186 valence electrons. The van der Waals surface area contributed by atoms with E-state index in [4.69, 9.17) is 4.74 Å². The molecule has 0 radical (unpaired) electrons. The second-order valence-electron chi connectivity index (χ2n) is 8.11. The van der Waals surface area contributed by atoms with Gasteiger partial charge in [0.25, 0.3) is 0 Å². The van der Waals surface area contributed by atoms with Crippen LogP contribution in [0.15, 0.2) is 54.6 Å². The first-order chi connectivity index (χ1) is 16.2. The highest BCUT2D eigenvalue weighted by molar-refractivity contribution is 7.92. The zero-order valence-corrected chi connectivity index (χ0v) is 21.2. The van der Waals surface area contributed by atoms with Gasteiger partial charge in [0.1, 0.15) is 18.3 Å². The van der Waals surface area contributed by atoms with E-state index >= 15 is 0 Å². The van der Waals surface area contributed by atoms with Crippen LogP contribution in [-0.4, -0.2) is 64.2 Å². The molecule has 0 fully saturated rings. The summed E-state index contributed by atoms with van der Waals surface area (Å²) in [6.45, 7) is 4.10. The smallest absolute Gasteiger partial charge is 0.244 e. The van der Waals surface area contributed by atoms with Crippen LogP contribution in [0.5, 0.6) is 5.75 Å². The van der Waals surface area contributed by atoms with Gasteiger partial charge in [0.2, 0.25) is 21.8 Å². The minimum Gasteiger partial charge on any atom is -0.497 e. The van der Waals surface area contributed by atoms with Crippen LogP contribution < -0.4 is 14.4 Å². The van der Waals surface area contributed by atoms with E-state index in [1.807, 2.05) is 37.3 Å². The maximum Gasteiger partial charge on any atom is 0.244 e. The third-order valence-corrected chi connectivity index (χ3v) is 6.66. The maximum absolute atomic E-state index is 13.4. The molecular weight excluding hydrogens is 454 g/mol. The van der Waals surface area contributed by atoms with E-state index < -0.39 is 28.5 Å². The number of nitrogens with one attached hydrogen (secondary N) is 1. The van der Waals surface area contributed by atoms with Gasteiger partial charge in [0, 0.05) is 13.1 Å². The number of nitrogens with zero attached hydrogens (tertiary/aromatic N) is 2. The fourth-order valence-corrected chi connectivity index (χ4v) is 4.32. The van der Waals surface area contributed by atoms with Gasteiger partial charge in [0.05, 0.1) is 19.1 Å². The summed E-state index contributed by atoms with van der Waals surface area (Å²) in [7, 11) is -2.23. The molecule has 0 aliphatic heterocycles. The molecule has 34 heavy (non-hydrogen) atoms. The number of amides is 2. The lowest BCUT2D eigenvalue weighted by Gasteiger charge is -2.31. The van der Waals surface area contributed by atoms with Crippen molar-refractivity contribution in [2.24, 2.45) is 0 Å². The molecule has 2 amide bonds. The van der Waals surface area contributed by atoms with E-state index in [0.29, 0.717) is 24.4 Å². The fourth-order valence-electron chi connectivity index (χ4n) is 3.47. The molecule has 0 aliphatic carbocycles. The SMILES string of the molecule is CCCCNC(=O)C(C)N(CCc1ccccc1)C(=O)CN(c1ccc(OC)cc1)S(C)(=O)=O. The number of sulfonamides is 1. The molecule has 0 aliphatic rings. The number of anilines is 1. The normalized spacial score (nSPS) is 12.0. The van der Waals surface area contributed by atoms with Crippen LogP contribution in [0.25, 0.3) is 0 Å². The Morgan fingerprint density at radius 3 is 2.26 bits per heavy atom. The second kappa shape index (κ2) is 13.0. The zero-order chi connectivity index (χ0) is 25.1. The Morgan fingerprint density at radius 1 is 1.06 bits per heavy atom. The summed E-state index contributed by atoms with van der Waals surface area (Å²) >= 11 is 0. The number of methoxy groups -OCH3 is 1. The summed E-state index contributed by atoms with van der Waals surface area (Å²) in [4.78, 5) is 27.6. The number of ether oxygens (including phenoxy) is 1. The molecule has 9 heteroatoms. The van der Waals surface area contributed by atoms with Gasteiger partial charge in [0.15, 0.2) is 0 Å². The van der Waals surface area contributed by atoms with Crippen molar-refractivity contribution < 1.29 is 22.7 Å². The monoisotopic (exact) mass is 489 g/mol. The van der Waals surface area contributed by atoms with Crippen molar-refractivity contribution in [3.05, 3.63) is 60.2 Å². The lowest BCUT2D eigenvalue weighted by atomic mass is 10.1. The van der Waals surface area contributed by atoms with Crippen molar-refractivity contribution in [2.75, 3.05) is 37.3 Å². The minimum absolute atomic E-state index is 0.259. The molecular formula is C25H35N3O5S. The molecule has 0 saturated heterocycles. The Balaban J connectivity index is 2.26. The first kappa shape index (κ1) is 27.2. The van der Waals surface area contributed by atoms with Crippen LogP contribution >= 0.6 is 0 Å². The summed E-state index contributed by atoms with van der Waals surface area (Å²) in [6, 6.07) is 15.3. The first-order valence-electron chi connectivity index (χ1n) is 11.4. The highest BCUT2D eigenvalue weighted by Crippen LogP contribution is 2.22. The van der Waals surface area contributed by atoms with Crippen molar-refractivity contribution >= 4 is 27.5 Å². The minimum atomic E-state index is -3.75. The van der Waals surface area contributed by atoms with Crippen molar-refractivity contribution in [2.45, 2.75) is 39.2 Å². The lowest BCUT2D eigenvalue weighted by Crippen LogP contribution is -2.52. The first-order valence-corrected chi connectivity index (χ1v) is 13.2. The molecule has 0 aromatic heterocycles. The number of benzene rings is 2. The average molecular weight is 490 g/mol. The molecule has 2 aromatic carbocycles. The Hall–Kier alpha value is -3.07. The predicted octanol–water partition coefficient (Wildman–Crippen LogP) is 2.84. The Morgan fingerprint density at radius 2 is 1.71 bits per heavy atom. The lowest BCUT2D eigenvalue weighted by molar-refractivity contribution is -0.138. The molecule has 2 aromatic rings. The molecule has 2 rings (SSSR count). The number of hydrogen-bond acceptors (Lipinski definition) is 5. The van der Waals surface area contributed by atoms with Crippen LogP contribution in [-0.2, 0) is 26.0 Å². The average Bonchev–Trinajstić information content (AvgIpc) is 2.82. The zero-order valence-electron chi connectivity index (χ0n) is 20.4. The van der Waals surface area contributed by atoms with E-state index in [-0.39, 0.29) is 12.5 Å². The largest absolute Gasteiger partial charge is 0.497 e. The van der Waals surface area contributed by atoms with E-state index in [1.165, 1.54) is 12.0 Å². The van der Waals surface area contributed by atoms with Crippen molar-refractivity contribution in [3.63, 3.8) is 0 Å². The summed E-state index contributed by atoms with van der Waals surface area (Å²) < 4.78 is 31.3. The van der Waals surface area contributed by atoms with Gasteiger partial charge in [-0.1, -0.05) is 43.7 Å². The van der Waals surface area contributed by atoms with Gasteiger partial charge in [-0.2, -0.15) is 0 Å². The number of carbonyl (C=O) groups is 2. The maximum atomic E-state index is 13.4.